The van der Waals surface area contributed by atoms with E-state index in [2.05, 4.69) is 29.1 Å². The molecule has 0 aliphatic carbocycles. The second-order valence-electron chi connectivity index (χ2n) is 6.78. The van der Waals surface area contributed by atoms with E-state index < -0.39 is 11.6 Å². The lowest BCUT2D eigenvalue weighted by Crippen LogP contribution is -2.43. The number of nitrogens with two attached hydrogens (primary N) is 1. The van der Waals surface area contributed by atoms with Crippen LogP contribution in [0.4, 0.5) is 10.6 Å². The summed E-state index contributed by atoms with van der Waals surface area (Å²) in [5, 5.41) is 11.0. The number of amides is 1. The van der Waals surface area contributed by atoms with Gasteiger partial charge in [0.25, 0.3) is 0 Å². The highest BCUT2D eigenvalue weighted by molar-refractivity contribution is 5.82. The van der Waals surface area contributed by atoms with Crippen molar-refractivity contribution in [2.75, 3.05) is 11.9 Å². The number of nitrogens with one attached hydrogen (secondary N) is 1. The van der Waals surface area contributed by atoms with Crippen molar-refractivity contribution in [3.63, 3.8) is 0 Å². The lowest BCUT2D eigenvalue weighted by atomic mass is 9.93. The highest BCUT2D eigenvalue weighted by Crippen LogP contribution is 2.22. The van der Waals surface area contributed by atoms with Crippen LogP contribution in [-0.4, -0.2) is 33.3 Å². The van der Waals surface area contributed by atoms with Crippen molar-refractivity contribution in [3.8, 4) is 17.0 Å². The number of pyridine rings is 2. The Morgan fingerprint density at radius 3 is 2.72 bits per heavy atom. The molecular formula is C18H24N4O3. The Morgan fingerprint density at radius 1 is 1.36 bits per heavy atom. The molecule has 0 aromatic carbocycles. The number of anilines is 1. The predicted octanol–water partition coefficient (Wildman–Crippen LogP) is 3.38. The second kappa shape index (κ2) is 7.94. The van der Waals surface area contributed by atoms with Crippen molar-refractivity contribution in [3.05, 3.63) is 36.7 Å². The fourth-order valence-electron chi connectivity index (χ4n) is 2.64. The SMILES string of the molecule is CC(C)CC(C)(N)COc1ccc(-c2ccnc(NC(=O)O)c2)nc1. The van der Waals surface area contributed by atoms with Crippen LogP contribution >= 0.6 is 0 Å². The van der Waals surface area contributed by atoms with Gasteiger partial charge in [-0.1, -0.05) is 13.8 Å². The molecule has 0 radical (unpaired) electrons. The normalized spacial score (nSPS) is 13.3. The van der Waals surface area contributed by atoms with Gasteiger partial charge in [0, 0.05) is 17.3 Å². The molecule has 134 valence electrons. The third-order valence-corrected chi connectivity index (χ3v) is 3.47. The smallest absolute Gasteiger partial charge is 0.410 e. The number of hydrogen-bond acceptors (Lipinski definition) is 5. The quantitative estimate of drug-likeness (QED) is 0.710. The van der Waals surface area contributed by atoms with E-state index in [-0.39, 0.29) is 5.82 Å². The minimum Gasteiger partial charge on any atom is -0.490 e. The first-order valence-corrected chi connectivity index (χ1v) is 8.09. The molecule has 0 spiro atoms. The van der Waals surface area contributed by atoms with E-state index in [1.165, 1.54) is 6.20 Å². The summed E-state index contributed by atoms with van der Waals surface area (Å²) >= 11 is 0. The van der Waals surface area contributed by atoms with Gasteiger partial charge in [-0.2, -0.15) is 0 Å². The predicted molar refractivity (Wildman–Crippen MR) is 96.7 cm³/mol. The van der Waals surface area contributed by atoms with E-state index in [9.17, 15) is 4.79 Å². The molecule has 0 aliphatic rings. The molecule has 0 aliphatic heterocycles. The lowest BCUT2D eigenvalue weighted by molar-refractivity contribution is 0.206. The molecule has 1 unspecified atom stereocenters. The van der Waals surface area contributed by atoms with Gasteiger partial charge in [-0.05, 0) is 43.5 Å². The maximum Gasteiger partial charge on any atom is 0.410 e. The fraction of sp³-hybridized carbons (Fsp3) is 0.389. The van der Waals surface area contributed by atoms with Crippen LogP contribution in [0.3, 0.4) is 0 Å². The summed E-state index contributed by atoms with van der Waals surface area (Å²) in [7, 11) is 0. The largest absolute Gasteiger partial charge is 0.490 e. The van der Waals surface area contributed by atoms with Crippen LogP contribution in [0.5, 0.6) is 5.75 Å². The molecule has 0 fully saturated rings. The number of nitrogens with zero attached hydrogens (tertiary/aromatic N) is 2. The van der Waals surface area contributed by atoms with Gasteiger partial charge in [0.05, 0.1) is 11.9 Å². The first kappa shape index (κ1) is 18.7. The standard InChI is InChI=1S/C18H24N4O3/c1-12(2)9-18(3,19)11-25-14-4-5-15(21-10-14)13-6-7-20-16(8-13)22-17(23)24/h4-8,10,12H,9,11,19H2,1-3H3,(H,20,22)(H,23,24). The second-order valence-corrected chi connectivity index (χ2v) is 6.78. The summed E-state index contributed by atoms with van der Waals surface area (Å²) in [6, 6.07) is 7.01. The summed E-state index contributed by atoms with van der Waals surface area (Å²) in [4.78, 5) is 19.0. The van der Waals surface area contributed by atoms with E-state index in [0.717, 1.165) is 12.0 Å². The Hall–Kier alpha value is -2.67. The van der Waals surface area contributed by atoms with Crippen LogP contribution in [0.1, 0.15) is 27.2 Å². The van der Waals surface area contributed by atoms with Crippen LogP contribution < -0.4 is 15.8 Å². The average Bonchev–Trinajstić information content (AvgIpc) is 2.52. The molecule has 2 heterocycles. The van der Waals surface area contributed by atoms with Crippen molar-refractivity contribution in [2.24, 2.45) is 11.7 Å². The molecule has 1 atom stereocenters. The molecule has 1 amide bonds. The number of carboxylic acid groups (broad SMARTS) is 1. The molecule has 4 N–H and O–H groups in total. The zero-order chi connectivity index (χ0) is 18.4. The maximum atomic E-state index is 10.7. The Labute approximate surface area is 147 Å². The topological polar surface area (TPSA) is 110 Å². The number of hydrogen-bond donors (Lipinski definition) is 3. The van der Waals surface area contributed by atoms with E-state index in [1.807, 2.05) is 19.1 Å². The third kappa shape index (κ3) is 6.04. The number of aromatic nitrogens is 2. The van der Waals surface area contributed by atoms with Gasteiger partial charge in [-0.3, -0.25) is 10.3 Å². The van der Waals surface area contributed by atoms with Gasteiger partial charge in [-0.15, -0.1) is 0 Å². The van der Waals surface area contributed by atoms with E-state index in [0.29, 0.717) is 24.0 Å². The van der Waals surface area contributed by atoms with E-state index >= 15 is 0 Å². The maximum absolute atomic E-state index is 10.7. The van der Waals surface area contributed by atoms with Gasteiger partial charge in [0.2, 0.25) is 0 Å². The number of ether oxygens (including phenoxy) is 1. The zero-order valence-electron chi connectivity index (χ0n) is 14.7. The number of carbonyl (C=O) groups is 1. The average molecular weight is 344 g/mol. The first-order chi connectivity index (χ1) is 11.7. The molecule has 0 bridgehead atoms. The van der Waals surface area contributed by atoms with Crippen LogP contribution in [-0.2, 0) is 0 Å². The van der Waals surface area contributed by atoms with E-state index in [4.69, 9.17) is 15.6 Å². The molecule has 25 heavy (non-hydrogen) atoms. The van der Waals surface area contributed by atoms with Crippen molar-refractivity contribution in [1.29, 1.82) is 0 Å². The summed E-state index contributed by atoms with van der Waals surface area (Å²) in [6.07, 6.45) is 2.87. The van der Waals surface area contributed by atoms with Crippen LogP contribution in [0.15, 0.2) is 36.7 Å². The Balaban J connectivity index is 2.03. The first-order valence-electron chi connectivity index (χ1n) is 8.09. The van der Waals surface area contributed by atoms with Gasteiger partial charge in [0.15, 0.2) is 0 Å². The molecule has 2 aromatic rings. The summed E-state index contributed by atoms with van der Waals surface area (Å²) in [5.41, 5.74) is 7.30. The van der Waals surface area contributed by atoms with Crippen LogP contribution in [0.25, 0.3) is 11.3 Å². The summed E-state index contributed by atoms with van der Waals surface area (Å²) in [5.74, 6) is 1.39. The zero-order valence-corrected chi connectivity index (χ0v) is 14.7. The minimum atomic E-state index is -1.16. The minimum absolute atomic E-state index is 0.250. The number of rotatable bonds is 7. The van der Waals surface area contributed by atoms with E-state index in [1.54, 1.807) is 18.3 Å². The van der Waals surface area contributed by atoms with Crippen molar-refractivity contribution in [1.82, 2.24) is 9.97 Å². The Kier molecular flexibility index (Phi) is 5.93. The third-order valence-electron chi connectivity index (χ3n) is 3.47. The molecule has 0 saturated heterocycles. The molecule has 7 heteroatoms. The Morgan fingerprint density at radius 2 is 2.12 bits per heavy atom. The van der Waals surface area contributed by atoms with Crippen LogP contribution in [0, 0.1) is 5.92 Å². The van der Waals surface area contributed by atoms with Gasteiger partial charge >= 0.3 is 6.09 Å². The molecule has 2 rings (SSSR count). The highest BCUT2D eigenvalue weighted by atomic mass is 16.5. The van der Waals surface area contributed by atoms with Crippen molar-refractivity contribution < 1.29 is 14.6 Å². The Bertz CT molecular complexity index is 715. The molecular weight excluding hydrogens is 320 g/mol. The molecule has 7 nitrogen and oxygen atoms in total. The highest BCUT2D eigenvalue weighted by Gasteiger charge is 2.21. The van der Waals surface area contributed by atoms with Gasteiger partial charge in [-0.25, -0.2) is 9.78 Å². The van der Waals surface area contributed by atoms with Crippen LogP contribution in [0.2, 0.25) is 0 Å². The monoisotopic (exact) mass is 344 g/mol. The van der Waals surface area contributed by atoms with Crippen molar-refractivity contribution in [2.45, 2.75) is 32.7 Å². The lowest BCUT2D eigenvalue weighted by Gasteiger charge is -2.26. The summed E-state index contributed by atoms with van der Waals surface area (Å²) in [6.45, 7) is 6.64. The van der Waals surface area contributed by atoms with Gasteiger partial charge in [0.1, 0.15) is 18.2 Å². The summed E-state index contributed by atoms with van der Waals surface area (Å²) < 4.78 is 5.75. The van der Waals surface area contributed by atoms with Crippen molar-refractivity contribution >= 4 is 11.9 Å². The van der Waals surface area contributed by atoms with Gasteiger partial charge < -0.3 is 15.6 Å². The fourth-order valence-corrected chi connectivity index (χ4v) is 2.64. The molecule has 2 aromatic heterocycles. The molecule has 0 saturated carbocycles.